The molecule has 0 amide bonds. The molecule has 0 bridgehead atoms. The van der Waals surface area contributed by atoms with Crippen LogP contribution in [0.5, 0.6) is 0 Å². The first-order valence-electron chi connectivity index (χ1n) is 4.11. The number of hydrogen-bond acceptors (Lipinski definition) is 4. The first-order valence-corrected chi connectivity index (χ1v) is 7.02. The molecule has 0 spiro atoms. The quantitative estimate of drug-likeness (QED) is 0.479. The van der Waals surface area contributed by atoms with E-state index >= 15 is 0 Å². The second-order valence-corrected chi connectivity index (χ2v) is 6.30. The summed E-state index contributed by atoms with van der Waals surface area (Å²) >= 11 is 0. The molecule has 0 aliphatic heterocycles. The molecule has 0 rings (SSSR count). The zero-order valence-electron chi connectivity index (χ0n) is 8.04. The van der Waals surface area contributed by atoms with E-state index in [9.17, 15) is 5.11 Å². The van der Waals surface area contributed by atoms with E-state index in [0.717, 1.165) is 0 Å². The largest absolute Gasteiger partial charge is 0.394 e. The molecule has 0 fully saturated rings. The maximum absolute atomic E-state index is 9.33. The summed E-state index contributed by atoms with van der Waals surface area (Å²) < 4.78 is 10.2. The molecule has 2 unspecified atom stereocenters. The number of aliphatic hydroxyl groups excluding tert-OH is 1. The summed E-state index contributed by atoms with van der Waals surface area (Å²) in [4.78, 5) is 0. The minimum atomic E-state index is -0.621. The van der Waals surface area contributed by atoms with Gasteiger partial charge in [0.15, 0.2) is 0 Å². The molecule has 0 aliphatic rings. The summed E-state index contributed by atoms with van der Waals surface area (Å²) in [5.74, 6) is 0. The Morgan fingerprint density at radius 1 is 1.23 bits per heavy atom. The highest BCUT2D eigenvalue weighted by Gasteiger charge is 2.11. The Morgan fingerprint density at radius 2 is 1.92 bits per heavy atom. The van der Waals surface area contributed by atoms with Gasteiger partial charge in [-0.05, 0) is 22.1 Å². The van der Waals surface area contributed by atoms with Gasteiger partial charge < -0.3 is 19.5 Å². The Morgan fingerprint density at radius 3 is 2.46 bits per heavy atom. The SMILES string of the molecule is CC(C)(O)PPOCCOCCO. The topological polar surface area (TPSA) is 58.9 Å². The lowest BCUT2D eigenvalue weighted by Gasteiger charge is -2.16. The molecule has 2 N–H and O–H groups in total. The van der Waals surface area contributed by atoms with Crippen molar-refractivity contribution in [1.29, 1.82) is 0 Å². The van der Waals surface area contributed by atoms with Crippen LogP contribution in [0.15, 0.2) is 0 Å². The zero-order valence-corrected chi connectivity index (χ0v) is 10.0. The highest BCUT2D eigenvalue weighted by atomic mass is 32.0. The third kappa shape index (κ3) is 12.7. The fourth-order valence-corrected chi connectivity index (χ4v) is 2.26. The highest BCUT2D eigenvalue weighted by molar-refractivity contribution is 8.10. The van der Waals surface area contributed by atoms with E-state index in [4.69, 9.17) is 14.4 Å². The molecule has 80 valence electrons. The Balaban J connectivity index is 3.00. The summed E-state index contributed by atoms with van der Waals surface area (Å²) in [7, 11) is 0.741. The van der Waals surface area contributed by atoms with Gasteiger partial charge in [-0.2, -0.15) is 0 Å². The molecular formula is C7H18O4P2. The van der Waals surface area contributed by atoms with Gasteiger partial charge in [0.1, 0.15) is 0 Å². The number of aliphatic hydroxyl groups is 2. The molecule has 0 aliphatic carbocycles. The van der Waals surface area contributed by atoms with E-state index in [2.05, 4.69) is 0 Å². The lowest BCUT2D eigenvalue weighted by molar-refractivity contribution is 0.0742. The summed E-state index contributed by atoms with van der Waals surface area (Å²) in [6.45, 7) is 4.98. The number of rotatable bonds is 8. The molecular weight excluding hydrogens is 210 g/mol. The summed E-state index contributed by atoms with van der Waals surface area (Å²) in [6.07, 6.45) is 0. The normalized spacial score (nSPS) is 13.8. The van der Waals surface area contributed by atoms with Crippen LogP contribution >= 0.6 is 16.8 Å². The molecule has 0 aromatic heterocycles. The van der Waals surface area contributed by atoms with E-state index in [-0.39, 0.29) is 6.61 Å². The van der Waals surface area contributed by atoms with Gasteiger partial charge in [0, 0.05) is 8.50 Å². The Labute approximate surface area is 82.6 Å². The van der Waals surface area contributed by atoms with Gasteiger partial charge in [-0.1, -0.05) is 0 Å². The van der Waals surface area contributed by atoms with Crippen molar-refractivity contribution in [1.82, 2.24) is 0 Å². The average molecular weight is 228 g/mol. The minimum Gasteiger partial charge on any atom is -0.394 e. The second kappa shape index (κ2) is 8.05. The van der Waals surface area contributed by atoms with E-state index in [1.807, 2.05) is 0 Å². The molecule has 2 atom stereocenters. The van der Waals surface area contributed by atoms with Gasteiger partial charge in [0.05, 0.1) is 31.8 Å². The second-order valence-electron chi connectivity index (χ2n) is 2.97. The summed E-state index contributed by atoms with van der Waals surface area (Å²) in [6, 6.07) is 0. The molecule has 13 heavy (non-hydrogen) atoms. The van der Waals surface area contributed by atoms with Crippen LogP contribution < -0.4 is 0 Å². The third-order valence-electron chi connectivity index (χ3n) is 0.994. The fourth-order valence-electron chi connectivity index (χ4n) is 0.479. The monoisotopic (exact) mass is 228 g/mol. The minimum absolute atomic E-state index is 0.0493. The van der Waals surface area contributed by atoms with Gasteiger partial charge in [0.25, 0.3) is 0 Å². The molecule has 0 saturated heterocycles. The Kier molecular flexibility index (Phi) is 8.48. The number of ether oxygens (including phenoxy) is 1. The standard InChI is InChI=1S/C7H18O4P2/c1-7(2,9)12-13-11-6-5-10-4-3-8/h8-9,12-13H,3-6H2,1-2H3. The van der Waals surface area contributed by atoms with Crippen LogP contribution in [0.3, 0.4) is 0 Å². The van der Waals surface area contributed by atoms with Crippen molar-refractivity contribution in [3.05, 3.63) is 0 Å². The van der Waals surface area contributed by atoms with Crippen LogP contribution in [0.2, 0.25) is 0 Å². The molecule has 0 aromatic rings. The van der Waals surface area contributed by atoms with Gasteiger partial charge in [-0.3, -0.25) is 0 Å². The smallest absolute Gasteiger partial charge is 0.0810 e. The van der Waals surface area contributed by atoms with Gasteiger partial charge in [-0.15, -0.1) is 0 Å². The maximum atomic E-state index is 9.33. The molecule has 0 heterocycles. The van der Waals surface area contributed by atoms with E-state index in [1.54, 1.807) is 13.8 Å². The fraction of sp³-hybridized carbons (Fsp3) is 1.00. The van der Waals surface area contributed by atoms with Crippen LogP contribution in [0, 0.1) is 0 Å². The van der Waals surface area contributed by atoms with Gasteiger partial charge in [-0.25, -0.2) is 0 Å². The predicted octanol–water partition coefficient (Wildman–Crippen LogP) is 0.927. The molecule has 0 saturated carbocycles. The van der Waals surface area contributed by atoms with Crippen LogP contribution in [0.4, 0.5) is 0 Å². The van der Waals surface area contributed by atoms with Crippen molar-refractivity contribution in [3.8, 4) is 0 Å². The summed E-state index contributed by atoms with van der Waals surface area (Å²) in [5.41, 5.74) is 0. The van der Waals surface area contributed by atoms with Crippen LogP contribution in [0.25, 0.3) is 0 Å². The first-order chi connectivity index (χ1) is 6.06. The van der Waals surface area contributed by atoms with Crippen molar-refractivity contribution >= 4 is 16.8 Å². The van der Waals surface area contributed by atoms with Crippen molar-refractivity contribution in [2.24, 2.45) is 0 Å². The highest BCUT2D eigenvalue weighted by Crippen LogP contribution is 2.46. The Hall–Kier alpha value is 0.700. The van der Waals surface area contributed by atoms with E-state index in [0.29, 0.717) is 36.6 Å². The molecule has 0 radical (unpaired) electrons. The molecule has 6 heteroatoms. The van der Waals surface area contributed by atoms with Crippen LogP contribution in [-0.2, 0) is 9.26 Å². The van der Waals surface area contributed by atoms with Crippen LogP contribution in [0.1, 0.15) is 13.8 Å². The first kappa shape index (κ1) is 13.7. The van der Waals surface area contributed by atoms with E-state index in [1.165, 1.54) is 0 Å². The summed E-state index contributed by atoms with van der Waals surface area (Å²) in [5, 5.41) is 17.1. The van der Waals surface area contributed by atoms with Crippen molar-refractivity contribution < 1.29 is 19.5 Å². The van der Waals surface area contributed by atoms with Crippen molar-refractivity contribution in [2.75, 3.05) is 26.4 Å². The molecule has 4 nitrogen and oxygen atoms in total. The lowest BCUT2D eigenvalue weighted by atomic mass is 10.5. The van der Waals surface area contributed by atoms with E-state index < -0.39 is 5.34 Å². The Bertz CT molecular complexity index is 116. The van der Waals surface area contributed by atoms with Gasteiger partial charge >= 0.3 is 0 Å². The van der Waals surface area contributed by atoms with Gasteiger partial charge in [0.2, 0.25) is 0 Å². The van der Waals surface area contributed by atoms with Crippen LogP contribution in [-0.4, -0.2) is 42.0 Å². The number of hydrogen-bond donors (Lipinski definition) is 2. The average Bonchev–Trinajstić information content (AvgIpc) is 2.01. The van der Waals surface area contributed by atoms with Crippen molar-refractivity contribution in [2.45, 2.75) is 19.2 Å². The van der Waals surface area contributed by atoms with Crippen molar-refractivity contribution in [3.63, 3.8) is 0 Å². The maximum Gasteiger partial charge on any atom is 0.0810 e. The lowest BCUT2D eigenvalue weighted by Crippen LogP contribution is -2.08. The molecule has 0 aromatic carbocycles. The third-order valence-corrected chi connectivity index (χ3v) is 4.63. The predicted molar refractivity (Wildman–Crippen MR) is 56.8 cm³/mol. The zero-order chi connectivity index (χ0) is 10.2.